The first-order valence-electron chi connectivity index (χ1n) is 6.86. The fraction of sp³-hybridized carbons (Fsp3) is 0.385. The molecular formula is C13H17BN4O3. The summed E-state index contributed by atoms with van der Waals surface area (Å²) in [6, 6.07) is -0.283. The van der Waals surface area contributed by atoms with Crippen LogP contribution in [0.25, 0.3) is 5.57 Å². The minimum atomic E-state index is -0.683. The van der Waals surface area contributed by atoms with Crippen molar-refractivity contribution in [3.63, 3.8) is 0 Å². The van der Waals surface area contributed by atoms with Crippen LogP contribution < -0.4 is 0 Å². The zero-order valence-electron chi connectivity index (χ0n) is 11.8. The summed E-state index contributed by atoms with van der Waals surface area (Å²) < 4.78 is 1.48. The Kier molecular flexibility index (Phi) is 3.56. The maximum atomic E-state index is 12.2. The molecule has 1 saturated heterocycles. The first-order chi connectivity index (χ1) is 10.1. The summed E-state index contributed by atoms with van der Waals surface area (Å²) >= 11 is 0. The number of hydroxylamine groups is 2. The van der Waals surface area contributed by atoms with Crippen molar-refractivity contribution in [1.29, 1.82) is 0 Å². The van der Waals surface area contributed by atoms with Gasteiger partial charge in [0.1, 0.15) is 6.04 Å². The second-order valence-electron chi connectivity index (χ2n) is 5.11. The first-order valence-corrected chi connectivity index (χ1v) is 6.86. The molecule has 0 radical (unpaired) electrons. The van der Waals surface area contributed by atoms with E-state index in [1.165, 1.54) is 9.66 Å². The molecule has 110 valence electrons. The highest BCUT2D eigenvalue weighted by atomic mass is 16.7. The Morgan fingerprint density at radius 2 is 2.48 bits per heavy atom. The van der Waals surface area contributed by atoms with E-state index in [1.54, 1.807) is 30.2 Å². The van der Waals surface area contributed by atoms with Crippen molar-refractivity contribution in [3.8, 4) is 0 Å². The second-order valence-corrected chi connectivity index (χ2v) is 5.11. The van der Waals surface area contributed by atoms with Gasteiger partial charge < -0.3 is 9.92 Å². The average Bonchev–Trinajstić information content (AvgIpc) is 3.04. The molecule has 1 unspecified atom stereocenters. The molecule has 7 nitrogen and oxygen atoms in total. The van der Waals surface area contributed by atoms with Crippen LogP contribution in [0.4, 0.5) is 4.79 Å². The van der Waals surface area contributed by atoms with Crippen molar-refractivity contribution in [1.82, 2.24) is 19.7 Å². The average molecular weight is 288 g/mol. The van der Waals surface area contributed by atoms with Crippen molar-refractivity contribution in [2.75, 3.05) is 19.7 Å². The van der Waals surface area contributed by atoms with Crippen molar-refractivity contribution >= 4 is 18.7 Å². The number of carbonyl (C=O) groups excluding carboxylic acids is 1. The molecule has 1 fully saturated rings. The molecule has 8 heteroatoms. The highest BCUT2D eigenvalue weighted by molar-refractivity contribution is 6.46. The van der Waals surface area contributed by atoms with Crippen molar-refractivity contribution in [3.05, 3.63) is 36.7 Å². The van der Waals surface area contributed by atoms with E-state index in [0.717, 1.165) is 11.1 Å². The van der Waals surface area contributed by atoms with Gasteiger partial charge in [0.15, 0.2) is 0 Å². The quantitative estimate of drug-likeness (QED) is 0.631. The second kappa shape index (κ2) is 5.38. The number of urea groups is 1. The molecule has 2 amide bonds. The molecule has 0 aromatic carbocycles. The van der Waals surface area contributed by atoms with Gasteiger partial charge in [-0.1, -0.05) is 12.2 Å². The van der Waals surface area contributed by atoms with Gasteiger partial charge in [-0.25, -0.2) is 4.79 Å². The molecule has 1 atom stereocenters. The molecule has 2 aliphatic rings. The minimum Gasteiger partial charge on any atom is -0.431 e. The fourth-order valence-corrected chi connectivity index (χ4v) is 2.64. The molecule has 1 aromatic heterocycles. The lowest BCUT2D eigenvalue weighted by molar-refractivity contribution is -0.105. The number of amides is 2. The highest BCUT2D eigenvalue weighted by Crippen LogP contribution is 2.32. The molecular weight excluding hydrogens is 271 g/mol. The van der Waals surface area contributed by atoms with Gasteiger partial charge in [-0.3, -0.25) is 9.43 Å². The summed E-state index contributed by atoms with van der Waals surface area (Å²) in [6.45, 7) is 6.69. The summed E-state index contributed by atoms with van der Waals surface area (Å²) in [4.78, 5) is 19.4. The van der Waals surface area contributed by atoms with Gasteiger partial charge in [0.05, 0.1) is 19.3 Å². The Bertz CT molecular complexity index is 598. The number of nitrogens with zero attached hydrogens (tertiary/aromatic N) is 4. The van der Waals surface area contributed by atoms with E-state index in [2.05, 4.69) is 11.7 Å². The monoisotopic (exact) mass is 288 g/mol. The lowest BCUT2D eigenvalue weighted by atomic mass is 9.89. The molecule has 0 spiro atoms. The number of carbonyl (C=O) groups is 1. The predicted molar refractivity (Wildman–Crippen MR) is 78.2 cm³/mol. The molecule has 3 rings (SSSR count). The molecule has 2 aliphatic heterocycles. The topological polar surface area (TPSA) is 70.8 Å². The Labute approximate surface area is 123 Å². The summed E-state index contributed by atoms with van der Waals surface area (Å²) in [6.07, 6.45) is 7.09. The Morgan fingerprint density at radius 1 is 1.67 bits per heavy atom. The highest BCUT2D eigenvalue weighted by Gasteiger charge is 2.43. The van der Waals surface area contributed by atoms with Gasteiger partial charge in [0.2, 0.25) is 0 Å². The summed E-state index contributed by atoms with van der Waals surface area (Å²) in [5, 5.41) is 15.1. The maximum Gasteiger partial charge on any atom is 0.431 e. The molecule has 1 N–H and O–H groups in total. The maximum absolute atomic E-state index is 12.2. The SMILES string of the molecule is C=CCON1C(=O)N2CC=C(c3cnn(B(C)O)c3)C1C2. The van der Waals surface area contributed by atoms with Crippen LogP contribution in [0, 0.1) is 0 Å². The molecule has 3 heterocycles. The first kappa shape index (κ1) is 13.9. The molecule has 21 heavy (non-hydrogen) atoms. The van der Waals surface area contributed by atoms with Gasteiger partial charge in [0.25, 0.3) is 0 Å². The van der Waals surface area contributed by atoms with Gasteiger partial charge in [0, 0.05) is 18.3 Å². The van der Waals surface area contributed by atoms with Crippen LogP contribution in [0.5, 0.6) is 0 Å². The lowest BCUT2D eigenvalue weighted by Crippen LogP contribution is -2.34. The number of fused-ring (bicyclic) bond motifs is 2. The minimum absolute atomic E-state index is 0.129. The van der Waals surface area contributed by atoms with Crippen LogP contribution in [0.2, 0.25) is 6.82 Å². The van der Waals surface area contributed by atoms with Crippen LogP contribution in [0.3, 0.4) is 0 Å². The van der Waals surface area contributed by atoms with Crippen LogP contribution in [0.1, 0.15) is 5.56 Å². The fourth-order valence-electron chi connectivity index (χ4n) is 2.64. The predicted octanol–water partition coefficient (Wildman–Crippen LogP) is 0.462. The van der Waals surface area contributed by atoms with E-state index in [1.807, 2.05) is 6.08 Å². The van der Waals surface area contributed by atoms with E-state index in [9.17, 15) is 9.82 Å². The standard InChI is InChI=1S/C13H17BN4O3/c1-3-6-21-18-12-9-16(13(18)19)5-4-11(12)10-7-15-17(8-10)14(2)20/h3-4,7-8,12,20H,1,5-6,9H2,2H3. The van der Waals surface area contributed by atoms with E-state index in [4.69, 9.17) is 4.84 Å². The van der Waals surface area contributed by atoms with Gasteiger partial charge in [-0.15, -0.1) is 6.58 Å². The van der Waals surface area contributed by atoms with E-state index in [0.29, 0.717) is 13.1 Å². The smallest absolute Gasteiger partial charge is 0.431 e. The van der Waals surface area contributed by atoms with Crippen molar-refractivity contribution < 1.29 is 14.7 Å². The van der Waals surface area contributed by atoms with Crippen LogP contribution >= 0.6 is 0 Å². The van der Waals surface area contributed by atoms with Crippen LogP contribution in [-0.2, 0) is 4.84 Å². The van der Waals surface area contributed by atoms with Crippen LogP contribution in [0.15, 0.2) is 31.1 Å². The summed E-state index contributed by atoms with van der Waals surface area (Å²) in [5.41, 5.74) is 1.88. The number of aromatic nitrogens is 2. The largest absolute Gasteiger partial charge is 0.431 e. The third-order valence-electron chi connectivity index (χ3n) is 3.68. The number of hydrogen-bond donors (Lipinski definition) is 1. The van der Waals surface area contributed by atoms with Gasteiger partial charge in [-0.2, -0.15) is 10.2 Å². The Morgan fingerprint density at radius 3 is 3.14 bits per heavy atom. The van der Waals surface area contributed by atoms with Crippen LogP contribution in [-0.4, -0.2) is 63.5 Å². The van der Waals surface area contributed by atoms with E-state index < -0.39 is 7.05 Å². The van der Waals surface area contributed by atoms with Crippen molar-refractivity contribution in [2.24, 2.45) is 0 Å². The van der Waals surface area contributed by atoms with Gasteiger partial charge in [-0.05, 0) is 12.4 Å². The Balaban J connectivity index is 1.87. The molecule has 1 aromatic rings. The summed E-state index contributed by atoms with van der Waals surface area (Å²) in [7, 11) is -0.683. The third kappa shape index (κ3) is 2.36. The third-order valence-corrected chi connectivity index (χ3v) is 3.68. The molecule has 0 saturated carbocycles. The van der Waals surface area contributed by atoms with Gasteiger partial charge >= 0.3 is 13.1 Å². The lowest BCUT2D eigenvalue weighted by Gasteiger charge is -2.24. The zero-order chi connectivity index (χ0) is 15.0. The van der Waals surface area contributed by atoms with E-state index >= 15 is 0 Å². The number of hydrogen-bond acceptors (Lipinski definition) is 4. The zero-order valence-corrected chi connectivity index (χ0v) is 11.8. The molecule has 0 aliphatic carbocycles. The number of rotatable bonds is 5. The normalized spacial score (nSPS) is 20.8. The molecule has 2 bridgehead atoms. The summed E-state index contributed by atoms with van der Waals surface area (Å²) in [5.74, 6) is 0. The van der Waals surface area contributed by atoms with E-state index in [-0.39, 0.29) is 18.7 Å². The van der Waals surface area contributed by atoms with Crippen molar-refractivity contribution in [2.45, 2.75) is 12.9 Å². The Hall–Kier alpha value is -2.06.